The molecule has 0 amide bonds. The van der Waals surface area contributed by atoms with Crippen molar-refractivity contribution >= 4 is 10.9 Å². The normalized spacial score (nSPS) is 12.2. The van der Waals surface area contributed by atoms with Crippen LogP contribution in [-0.4, -0.2) is 23.7 Å². The van der Waals surface area contributed by atoms with Gasteiger partial charge in [0.15, 0.2) is 0 Å². The average molecular weight is 386 g/mol. The summed E-state index contributed by atoms with van der Waals surface area (Å²) in [5.41, 5.74) is 5.40. The van der Waals surface area contributed by atoms with Crippen molar-refractivity contribution in [2.24, 2.45) is 0 Å². The molecule has 4 rings (SSSR count). The summed E-state index contributed by atoms with van der Waals surface area (Å²) in [4.78, 5) is 3.32. The van der Waals surface area contributed by atoms with Crippen LogP contribution in [0.4, 0.5) is 0 Å². The smallest absolute Gasteiger partial charge is 0.119 e. The van der Waals surface area contributed by atoms with Crippen molar-refractivity contribution in [3.8, 4) is 5.75 Å². The van der Waals surface area contributed by atoms with Crippen LogP contribution in [0.2, 0.25) is 0 Å². The van der Waals surface area contributed by atoms with Crippen molar-refractivity contribution in [3.05, 3.63) is 101 Å². The molecule has 1 aromatic heterocycles. The third-order valence-corrected chi connectivity index (χ3v) is 5.26. The number of methoxy groups -OCH3 is 1. The largest absolute Gasteiger partial charge is 0.497 e. The fourth-order valence-corrected chi connectivity index (χ4v) is 3.65. The van der Waals surface area contributed by atoms with Gasteiger partial charge in [0.1, 0.15) is 11.9 Å². The molecule has 4 aromatic rings. The van der Waals surface area contributed by atoms with E-state index in [2.05, 4.69) is 40.8 Å². The first-order valence-corrected chi connectivity index (χ1v) is 9.91. The molecule has 0 aliphatic carbocycles. The van der Waals surface area contributed by atoms with Gasteiger partial charge in [0.25, 0.3) is 0 Å². The van der Waals surface area contributed by atoms with E-state index in [0.29, 0.717) is 0 Å². The third-order valence-electron chi connectivity index (χ3n) is 5.26. The number of nitrogens with one attached hydrogen (secondary N) is 2. The summed E-state index contributed by atoms with van der Waals surface area (Å²) >= 11 is 0. The Kier molecular flexibility index (Phi) is 5.94. The topological polar surface area (TPSA) is 57.3 Å². The number of hydrogen-bond donors (Lipinski definition) is 3. The first kappa shape index (κ1) is 19.2. The van der Waals surface area contributed by atoms with Gasteiger partial charge in [-0.2, -0.15) is 0 Å². The summed E-state index contributed by atoms with van der Waals surface area (Å²) < 4.78 is 5.34. The minimum atomic E-state index is -0.600. The van der Waals surface area contributed by atoms with Gasteiger partial charge in [-0.1, -0.05) is 54.6 Å². The van der Waals surface area contributed by atoms with Gasteiger partial charge < -0.3 is 20.1 Å². The highest BCUT2D eigenvalue weighted by atomic mass is 16.5. The Labute approximate surface area is 171 Å². The fraction of sp³-hybridized carbons (Fsp3) is 0.200. The summed E-state index contributed by atoms with van der Waals surface area (Å²) in [5.74, 6) is 0.875. The molecular weight excluding hydrogens is 360 g/mol. The SMILES string of the molecule is COc1ccc2[nH]cc(CCNCc3cccc(C(O)c4ccccc4)c3)c2c1. The monoisotopic (exact) mass is 386 g/mol. The number of aromatic nitrogens is 1. The molecule has 0 aliphatic heterocycles. The lowest BCUT2D eigenvalue weighted by Gasteiger charge is -2.13. The summed E-state index contributed by atoms with van der Waals surface area (Å²) in [6.07, 6.45) is 2.40. The zero-order valence-electron chi connectivity index (χ0n) is 16.6. The minimum Gasteiger partial charge on any atom is -0.497 e. The van der Waals surface area contributed by atoms with Crippen LogP contribution in [0.1, 0.15) is 28.4 Å². The predicted molar refractivity (Wildman–Crippen MR) is 117 cm³/mol. The molecule has 0 spiro atoms. The summed E-state index contributed by atoms with van der Waals surface area (Å²) in [5, 5.41) is 15.3. The summed E-state index contributed by atoms with van der Waals surface area (Å²) in [7, 11) is 1.69. The number of aromatic amines is 1. The number of benzene rings is 3. The third kappa shape index (κ3) is 4.50. The van der Waals surface area contributed by atoms with E-state index >= 15 is 0 Å². The maximum Gasteiger partial charge on any atom is 0.119 e. The van der Waals surface area contributed by atoms with Crippen molar-refractivity contribution in [2.75, 3.05) is 13.7 Å². The molecule has 0 radical (unpaired) electrons. The van der Waals surface area contributed by atoms with E-state index in [4.69, 9.17) is 4.74 Å². The maximum absolute atomic E-state index is 10.6. The van der Waals surface area contributed by atoms with E-state index in [-0.39, 0.29) is 0 Å². The highest BCUT2D eigenvalue weighted by molar-refractivity contribution is 5.84. The molecule has 0 saturated carbocycles. The number of fused-ring (bicyclic) bond motifs is 1. The lowest BCUT2D eigenvalue weighted by molar-refractivity contribution is 0.220. The predicted octanol–water partition coefficient (Wildman–Crippen LogP) is 4.59. The van der Waals surface area contributed by atoms with E-state index in [1.807, 2.05) is 48.5 Å². The van der Waals surface area contributed by atoms with Crippen molar-refractivity contribution < 1.29 is 9.84 Å². The molecule has 0 bridgehead atoms. The van der Waals surface area contributed by atoms with Crippen LogP contribution >= 0.6 is 0 Å². The molecule has 29 heavy (non-hydrogen) atoms. The van der Waals surface area contributed by atoms with Gasteiger partial charge in [-0.25, -0.2) is 0 Å². The van der Waals surface area contributed by atoms with Crippen molar-refractivity contribution in [3.63, 3.8) is 0 Å². The fourth-order valence-electron chi connectivity index (χ4n) is 3.65. The highest BCUT2D eigenvalue weighted by Crippen LogP contribution is 2.24. The van der Waals surface area contributed by atoms with Gasteiger partial charge in [-0.3, -0.25) is 0 Å². The number of hydrogen-bond acceptors (Lipinski definition) is 3. The van der Waals surface area contributed by atoms with Crippen molar-refractivity contribution in [1.82, 2.24) is 10.3 Å². The molecule has 148 valence electrons. The molecule has 3 N–H and O–H groups in total. The second-order valence-corrected chi connectivity index (χ2v) is 7.21. The van der Waals surface area contributed by atoms with E-state index in [0.717, 1.165) is 47.5 Å². The van der Waals surface area contributed by atoms with Crippen LogP contribution in [0.25, 0.3) is 10.9 Å². The lowest BCUT2D eigenvalue weighted by Crippen LogP contribution is -2.16. The van der Waals surface area contributed by atoms with Crippen molar-refractivity contribution in [2.45, 2.75) is 19.1 Å². The Morgan fingerprint density at radius 1 is 0.966 bits per heavy atom. The van der Waals surface area contributed by atoms with Crippen LogP contribution < -0.4 is 10.1 Å². The van der Waals surface area contributed by atoms with Gasteiger partial charge in [0, 0.05) is 23.6 Å². The van der Waals surface area contributed by atoms with Crippen LogP contribution in [-0.2, 0) is 13.0 Å². The molecule has 1 unspecified atom stereocenters. The standard InChI is InChI=1S/C25H26N2O2/c1-29-22-10-11-24-23(15-22)21(17-27-24)12-13-26-16-18-6-5-9-20(14-18)25(28)19-7-3-2-4-8-19/h2-11,14-15,17,25-28H,12-13,16H2,1H3. The lowest BCUT2D eigenvalue weighted by atomic mass is 10.00. The van der Waals surface area contributed by atoms with Crippen LogP contribution in [0.15, 0.2) is 79.0 Å². The molecule has 3 aromatic carbocycles. The van der Waals surface area contributed by atoms with Crippen LogP contribution in [0, 0.1) is 0 Å². The summed E-state index contributed by atoms with van der Waals surface area (Å²) in [6, 6.07) is 24.0. The van der Waals surface area contributed by atoms with E-state index in [9.17, 15) is 5.11 Å². The number of aliphatic hydroxyl groups is 1. The Balaban J connectivity index is 1.35. The molecular formula is C25H26N2O2. The van der Waals surface area contributed by atoms with Crippen molar-refractivity contribution in [1.29, 1.82) is 0 Å². The zero-order chi connectivity index (χ0) is 20.1. The van der Waals surface area contributed by atoms with Crippen LogP contribution in [0.5, 0.6) is 5.75 Å². The van der Waals surface area contributed by atoms with Gasteiger partial charge in [0.2, 0.25) is 0 Å². The van der Waals surface area contributed by atoms with Gasteiger partial charge in [-0.05, 0) is 53.4 Å². The van der Waals surface area contributed by atoms with Gasteiger partial charge in [0.05, 0.1) is 7.11 Å². The van der Waals surface area contributed by atoms with Gasteiger partial charge in [-0.15, -0.1) is 0 Å². The minimum absolute atomic E-state index is 0.600. The van der Waals surface area contributed by atoms with E-state index < -0.39 is 6.10 Å². The summed E-state index contributed by atoms with van der Waals surface area (Å²) in [6.45, 7) is 1.64. The molecule has 1 atom stereocenters. The number of rotatable bonds is 8. The van der Waals surface area contributed by atoms with E-state index in [1.165, 1.54) is 10.9 Å². The highest BCUT2D eigenvalue weighted by Gasteiger charge is 2.10. The Morgan fingerprint density at radius 2 is 1.79 bits per heavy atom. The molecule has 0 saturated heterocycles. The quantitative estimate of drug-likeness (QED) is 0.388. The Bertz CT molecular complexity index is 1070. The second-order valence-electron chi connectivity index (χ2n) is 7.21. The van der Waals surface area contributed by atoms with E-state index in [1.54, 1.807) is 7.11 Å². The average Bonchev–Trinajstić information content (AvgIpc) is 3.19. The van der Waals surface area contributed by atoms with Crippen LogP contribution in [0.3, 0.4) is 0 Å². The molecule has 4 nitrogen and oxygen atoms in total. The zero-order valence-corrected chi connectivity index (χ0v) is 16.6. The first-order chi connectivity index (χ1) is 14.2. The number of ether oxygens (including phenoxy) is 1. The van der Waals surface area contributed by atoms with Gasteiger partial charge >= 0.3 is 0 Å². The Hall–Kier alpha value is -3.08. The maximum atomic E-state index is 10.6. The Morgan fingerprint density at radius 3 is 2.62 bits per heavy atom. The second kappa shape index (κ2) is 8.95. The molecule has 1 heterocycles. The molecule has 0 fully saturated rings. The number of H-pyrrole nitrogens is 1. The molecule has 0 aliphatic rings. The first-order valence-electron chi connectivity index (χ1n) is 9.91. The number of aliphatic hydroxyl groups excluding tert-OH is 1. The molecule has 4 heteroatoms.